The number of nitrogen functional groups attached to an aromatic ring is 1. The highest BCUT2D eigenvalue weighted by Crippen LogP contribution is 2.30. The van der Waals surface area contributed by atoms with E-state index < -0.39 is 0 Å². The summed E-state index contributed by atoms with van der Waals surface area (Å²) in [5.74, 6) is 1.03. The molecule has 0 aliphatic carbocycles. The van der Waals surface area contributed by atoms with Crippen molar-refractivity contribution in [3.63, 3.8) is 0 Å². The zero-order valence-electron chi connectivity index (χ0n) is 10.6. The van der Waals surface area contributed by atoms with Crippen molar-refractivity contribution in [1.29, 1.82) is 0 Å². The Bertz CT molecular complexity index is 649. The van der Waals surface area contributed by atoms with Crippen LogP contribution in [0.25, 0.3) is 10.9 Å². The van der Waals surface area contributed by atoms with Gasteiger partial charge < -0.3 is 15.2 Å². The number of ether oxygens (including phenoxy) is 2. The van der Waals surface area contributed by atoms with Crippen molar-refractivity contribution in [2.45, 2.75) is 13.5 Å². The van der Waals surface area contributed by atoms with Gasteiger partial charge in [-0.25, -0.2) is 0 Å². The number of hydrogen-bond acceptors (Lipinski definition) is 5. The van der Waals surface area contributed by atoms with Crippen LogP contribution in [0, 0.1) is 0 Å². The lowest BCUT2D eigenvalue weighted by Gasteiger charge is -2.12. The van der Waals surface area contributed by atoms with Crippen molar-refractivity contribution in [3.05, 3.63) is 22.4 Å². The van der Waals surface area contributed by atoms with E-state index in [0.717, 1.165) is 0 Å². The van der Waals surface area contributed by atoms with Crippen molar-refractivity contribution < 1.29 is 9.47 Å². The number of aryl methyl sites for hydroxylation is 1. The van der Waals surface area contributed by atoms with Gasteiger partial charge in [-0.05, 0) is 13.0 Å². The highest BCUT2D eigenvalue weighted by atomic mass is 16.5. The lowest BCUT2D eigenvalue weighted by molar-refractivity contribution is 0.355. The molecule has 18 heavy (non-hydrogen) atoms. The Morgan fingerprint density at radius 1 is 1.28 bits per heavy atom. The summed E-state index contributed by atoms with van der Waals surface area (Å²) < 4.78 is 12.1. The molecule has 6 heteroatoms. The third-order valence-electron chi connectivity index (χ3n) is 2.79. The Morgan fingerprint density at radius 2 is 1.89 bits per heavy atom. The first-order valence-corrected chi connectivity index (χ1v) is 5.54. The van der Waals surface area contributed by atoms with E-state index in [2.05, 4.69) is 5.10 Å². The summed E-state index contributed by atoms with van der Waals surface area (Å²) in [6, 6.07) is 3.35. The van der Waals surface area contributed by atoms with Gasteiger partial charge in [0.1, 0.15) is 0 Å². The minimum Gasteiger partial charge on any atom is -0.493 e. The summed E-state index contributed by atoms with van der Waals surface area (Å²) in [5.41, 5.74) is 5.99. The third-order valence-corrected chi connectivity index (χ3v) is 2.79. The minimum atomic E-state index is -0.296. The predicted molar refractivity (Wildman–Crippen MR) is 69.2 cm³/mol. The van der Waals surface area contributed by atoms with Gasteiger partial charge in [0, 0.05) is 12.6 Å². The SMILES string of the molecule is CCn1nc(N)c(=O)c2cc(OC)c(OC)cc21. The van der Waals surface area contributed by atoms with E-state index >= 15 is 0 Å². The van der Waals surface area contributed by atoms with Crippen LogP contribution in [0.5, 0.6) is 11.5 Å². The topological polar surface area (TPSA) is 79.4 Å². The quantitative estimate of drug-likeness (QED) is 0.878. The van der Waals surface area contributed by atoms with Crippen LogP contribution in [0.2, 0.25) is 0 Å². The molecule has 0 saturated heterocycles. The van der Waals surface area contributed by atoms with E-state index in [1.165, 1.54) is 7.11 Å². The van der Waals surface area contributed by atoms with Crippen LogP contribution < -0.4 is 20.6 Å². The average molecular weight is 249 g/mol. The second kappa shape index (κ2) is 4.56. The van der Waals surface area contributed by atoms with Gasteiger partial charge in [0.25, 0.3) is 0 Å². The van der Waals surface area contributed by atoms with Crippen molar-refractivity contribution in [3.8, 4) is 11.5 Å². The average Bonchev–Trinajstić information content (AvgIpc) is 2.41. The van der Waals surface area contributed by atoms with Crippen molar-refractivity contribution >= 4 is 16.7 Å². The standard InChI is InChI=1S/C12H15N3O3/c1-4-15-8-6-10(18-3)9(17-2)5-7(8)11(16)12(13)14-15/h5-6H,4H2,1-3H3,(H2,13,14). The first-order chi connectivity index (χ1) is 8.62. The summed E-state index contributed by atoms with van der Waals surface area (Å²) in [6.45, 7) is 2.53. The molecule has 1 heterocycles. The molecule has 0 bridgehead atoms. The predicted octanol–water partition coefficient (Wildman–Crippen LogP) is 1.02. The molecule has 0 saturated carbocycles. The van der Waals surface area contributed by atoms with Crippen LogP contribution in [0.15, 0.2) is 16.9 Å². The largest absolute Gasteiger partial charge is 0.493 e. The van der Waals surface area contributed by atoms with E-state index in [0.29, 0.717) is 28.9 Å². The molecular formula is C12H15N3O3. The summed E-state index contributed by atoms with van der Waals surface area (Å²) >= 11 is 0. The van der Waals surface area contributed by atoms with Gasteiger partial charge in [-0.2, -0.15) is 5.10 Å². The lowest BCUT2D eigenvalue weighted by atomic mass is 10.2. The van der Waals surface area contributed by atoms with Gasteiger partial charge in [-0.1, -0.05) is 0 Å². The maximum Gasteiger partial charge on any atom is 0.231 e. The number of rotatable bonds is 3. The fourth-order valence-electron chi connectivity index (χ4n) is 1.87. The Kier molecular flexibility index (Phi) is 3.10. The molecule has 0 unspecified atom stereocenters. The maximum absolute atomic E-state index is 12.0. The molecule has 6 nitrogen and oxygen atoms in total. The lowest BCUT2D eigenvalue weighted by Crippen LogP contribution is -2.17. The second-order valence-corrected chi connectivity index (χ2v) is 3.75. The molecule has 2 N–H and O–H groups in total. The van der Waals surface area contributed by atoms with Crippen LogP contribution >= 0.6 is 0 Å². The number of hydrogen-bond donors (Lipinski definition) is 1. The molecule has 0 fully saturated rings. The van der Waals surface area contributed by atoms with E-state index in [9.17, 15) is 4.79 Å². The molecule has 0 spiro atoms. The first kappa shape index (κ1) is 12.2. The number of fused-ring (bicyclic) bond motifs is 1. The molecule has 96 valence electrons. The molecule has 0 atom stereocenters. The number of nitrogens with zero attached hydrogens (tertiary/aromatic N) is 2. The van der Waals surface area contributed by atoms with Crippen molar-refractivity contribution in [2.75, 3.05) is 20.0 Å². The Labute approximate surface area is 104 Å². The zero-order chi connectivity index (χ0) is 13.3. The number of aromatic nitrogens is 2. The summed E-state index contributed by atoms with van der Waals surface area (Å²) in [7, 11) is 3.06. The summed E-state index contributed by atoms with van der Waals surface area (Å²) in [5, 5.41) is 4.51. The normalized spacial score (nSPS) is 10.6. The molecule has 0 amide bonds. The number of anilines is 1. The Morgan fingerprint density at radius 3 is 2.44 bits per heavy atom. The number of nitrogens with two attached hydrogens (primary N) is 1. The molecular weight excluding hydrogens is 234 g/mol. The zero-order valence-corrected chi connectivity index (χ0v) is 10.6. The van der Waals surface area contributed by atoms with Crippen molar-refractivity contribution in [1.82, 2.24) is 9.78 Å². The maximum atomic E-state index is 12.0. The monoisotopic (exact) mass is 249 g/mol. The van der Waals surface area contributed by atoms with Gasteiger partial charge >= 0.3 is 0 Å². The van der Waals surface area contributed by atoms with Crippen LogP contribution in [0.1, 0.15) is 6.92 Å². The second-order valence-electron chi connectivity index (χ2n) is 3.75. The molecule has 2 aromatic rings. The van der Waals surface area contributed by atoms with Gasteiger partial charge in [0.2, 0.25) is 5.43 Å². The van der Waals surface area contributed by atoms with Crippen LogP contribution in [0.3, 0.4) is 0 Å². The molecule has 0 aliphatic rings. The van der Waals surface area contributed by atoms with Crippen molar-refractivity contribution in [2.24, 2.45) is 0 Å². The van der Waals surface area contributed by atoms with E-state index in [-0.39, 0.29) is 11.2 Å². The highest BCUT2D eigenvalue weighted by molar-refractivity contribution is 5.84. The first-order valence-electron chi connectivity index (χ1n) is 5.54. The Balaban J connectivity index is 2.91. The smallest absolute Gasteiger partial charge is 0.231 e. The fourth-order valence-corrected chi connectivity index (χ4v) is 1.87. The summed E-state index contributed by atoms with van der Waals surface area (Å²) in [4.78, 5) is 12.0. The third kappa shape index (κ3) is 1.75. The van der Waals surface area contributed by atoms with Gasteiger partial charge in [0.05, 0.1) is 25.1 Å². The summed E-state index contributed by atoms with van der Waals surface area (Å²) in [6.07, 6.45) is 0. The van der Waals surface area contributed by atoms with Gasteiger partial charge in [-0.15, -0.1) is 0 Å². The Hall–Kier alpha value is -2.24. The van der Waals surface area contributed by atoms with Crippen LogP contribution in [-0.2, 0) is 6.54 Å². The van der Waals surface area contributed by atoms with Gasteiger partial charge in [-0.3, -0.25) is 9.48 Å². The fraction of sp³-hybridized carbons (Fsp3) is 0.333. The highest BCUT2D eigenvalue weighted by Gasteiger charge is 2.13. The minimum absolute atomic E-state index is 0.0171. The molecule has 0 radical (unpaired) electrons. The van der Waals surface area contributed by atoms with Crippen LogP contribution in [0.4, 0.5) is 5.82 Å². The number of methoxy groups -OCH3 is 2. The van der Waals surface area contributed by atoms with E-state index in [1.54, 1.807) is 23.9 Å². The van der Waals surface area contributed by atoms with Gasteiger partial charge in [0.15, 0.2) is 17.3 Å². The molecule has 0 aliphatic heterocycles. The molecule has 1 aromatic heterocycles. The van der Waals surface area contributed by atoms with E-state index in [4.69, 9.17) is 15.2 Å². The molecule has 2 rings (SSSR count). The van der Waals surface area contributed by atoms with E-state index in [1.807, 2.05) is 6.92 Å². The number of benzene rings is 1. The molecule has 1 aromatic carbocycles. The van der Waals surface area contributed by atoms with Crippen LogP contribution in [-0.4, -0.2) is 24.0 Å².